The predicted octanol–water partition coefficient (Wildman–Crippen LogP) is 12.3. The zero-order chi connectivity index (χ0) is 40.0. The molecule has 0 rings (SSSR count). The van der Waals surface area contributed by atoms with Crippen LogP contribution >= 0.6 is 0 Å². The third-order valence-electron chi connectivity index (χ3n) is 10.4. The molecule has 0 aliphatic rings. The highest BCUT2D eigenvalue weighted by atomic mass is 16.6. The lowest BCUT2D eigenvalue weighted by Crippen LogP contribution is -2.50. The van der Waals surface area contributed by atoms with E-state index in [1.807, 2.05) is 21.1 Å². The summed E-state index contributed by atoms with van der Waals surface area (Å²) in [6, 6.07) is -0.611. The first-order valence-electron chi connectivity index (χ1n) is 22.7. The minimum absolute atomic E-state index is 0.0483. The van der Waals surface area contributed by atoms with Crippen LogP contribution in [0.1, 0.15) is 213 Å². The number of quaternary nitrogens is 1. The van der Waals surface area contributed by atoms with Crippen LogP contribution in [-0.2, 0) is 28.6 Å². The number of nitrogens with zero attached hydrogens (tertiary/aromatic N) is 1. The Morgan fingerprint density at radius 3 is 1.37 bits per heavy atom. The molecular weight excluding hydrogens is 679 g/mol. The Balaban J connectivity index is 4.26. The fourth-order valence-electron chi connectivity index (χ4n) is 6.85. The van der Waals surface area contributed by atoms with Crippen LogP contribution in [0.2, 0.25) is 0 Å². The van der Waals surface area contributed by atoms with E-state index in [0.717, 1.165) is 51.4 Å². The van der Waals surface area contributed by atoms with Crippen LogP contribution in [0.3, 0.4) is 0 Å². The summed E-state index contributed by atoms with van der Waals surface area (Å²) in [5, 5.41) is 9.61. The van der Waals surface area contributed by atoms with Crippen LogP contribution in [-0.4, -0.2) is 80.6 Å². The van der Waals surface area contributed by atoms with Crippen molar-refractivity contribution in [3.05, 3.63) is 12.2 Å². The van der Waals surface area contributed by atoms with E-state index in [9.17, 15) is 19.5 Å². The summed E-state index contributed by atoms with van der Waals surface area (Å²) in [4.78, 5) is 36.9. The molecule has 0 heterocycles. The third-order valence-corrected chi connectivity index (χ3v) is 10.4. The molecule has 0 aliphatic heterocycles. The summed E-state index contributed by atoms with van der Waals surface area (Å²) < 4.78 is 17.3. The largest absolute Gasteiger partial charge is 0.477 e. The number of hydrogen-bond donors (Lipinski definition) is 1. The van der Waals surface area contributed by atoms with Gasteiger partial charge in [0.15, 0.2) is 12.1 Å². The average molecular weight is 767 g/mol. The van der Waals surface area contributed by atoms with Gasteiger partial charge in [-0.2, -0.15) is 0 Å². The van der Waals surface area contributed by atoms with Crippen LogP contribution in [0.4, 0.5) is 0 Å². The molecule has 0 radical (unpaired) electrons. The SMILES string of the molecule is CCCCC/C=C\CCCCCCCC(=O)OC(COCCC(C(=O)O)[N+](C)(C)C)COC(=O)CCCCCCCCCCCCCCCCCCCC. The van der Waals surface area contributed by atoms with E-state index >= 15 is 0 Å². The van der Waals surface area contributed by atoms with Crippen LogP contribution in [0.15, 0.2) is 12.2 Å². The van der Waals surface area contributed by atoms with E-state index in [4.69, 9.17) is 14.2 Å². The third kappa shape index (κ3) is 35.8. The summed E-state index contributed by atoms with van der Waals surface area (Å²) in [7, 11) is 5.53. The molecule has 0 spiro atoms. The zero-order valence-electron chi connectivity index (χ0n) is 36.2. The molecule has 0 amide bonds. The maximum atomic E-state index is 12.7. The van der Waals surface area contributed by atoms with Gasteiger partial charge in [0.05, 0.1) is 34.4 Å². The first-order valence-corrected chi connectivity index (χ1v) is 22.7. The van der Waals surface area contributed by atoms with Crippen molar-refractivity contribution in [2.75, 3.05) is 41.0 Å². The molecule has 0 bridgehead atoms. The summed E-state index contributed by atoms with van der Waals surface area (Å²) in [6.45, 7) is 4.73. The first-order chi connectivity index (χ1) is 26.1. The monoisotopic (exact) mass is 767 g/mol. The Kier molecular flexibility index (Phi) is 36.6. The Labute approximate surface area is 333 Å². The van der Waals surface area contributed by atoms with Gasteiger partial charge in [0.25, 0.3) is 0 Å². The van der Waals surface area contributed by atoms with Crippen molar-refractivity contribution in [1.82, 2.24) is 0 Å². The van der Waals surface area contributed by atoms with Gasteiger partial charge in [-0.1, -0.05) is 167 Å². The average Bonchev–Trinajstić information content (AvgIpc) is 3.12. The van der Waals surface area contributed by atoms with Crippen molar-refractivity contribution in [2.45, 2.75) is 225 Å². The van der Waals surface area contributed by atoms with E-state index in [2.05, 4.69) is 26.0 Å². The van der Waals surface area contributed by atoms with Gasteiger partial charge in [0.2, 0.25) is 0 Å². The van der Waals surface area contributed by atoms with Crippen molar-refractivity contribution < 1.29 is 38.2 Å². The predicted molar refractivity (Wildman–Crippen MR) is 225 cm³/mol. The van der Waals surface area contributed by atoms with E-state index < -0.39 is 18.1 Å². The number of carbonyl (C=O) groups is 3. The summed E-state index contributed by atoms with van der Waals surface area (Å²) in [5.74, 6) is -1.46. The molecule has 2 atom stereocenters. The van der Waals surface area contributed by atoms with E-state index in [0.29, 0.717) is 19.3 Å². The second-order valence-corrected chi connectivity index (χ2v) is 16.7. The number of hydrogen-bond acceptors (Lipinski definition) is 6. The van der Waals surface area contributed by atoms with Gasteiger partial charge < -0.3 is 23.8 Å². The van der Waals surface area contributed by atoms with Gasteiger partial charge in [-0.25, -0.2) is 4.79 Å². The minimum atomic E-state index is -0.874. The van der Waals surface area contributed by atoms with Crippen molar-refractivity contribution in [3.63, 3.8) is 0 Å². The number of esters is 2. The Bertz CT molecular complexity index is 900. The number of aliphatic carboxylic acids is 1. The van der Waals surface area contributed by atoms with Crippen molar-refractivity contribution in [3.8, 4) is 0 Å². The summed E-state index contributed by atoms with van der Waals surface area (Å²) in [5.41, 5.74) is 0. The molecule has 0 aromatic heterocycles. The first kappa shape index (κ1) is 52.1. The zero-order valence-corrected chi connectivity index (χ0v) is 36.2. The van der Waals surface area contributed by atoms with Crippen LogP contribution in [0.25, 0.3) is 0 Å². The van der Waals surface area contributed by atoms with E-state index in [1.54, 1.807) is 0 Å². The maximum Gasteiger partial charge on any atom is 0.362 e. The molecule has 8 nitrogen and oxygen atoms in total. The molecule has 0 aromatic rings. The van der Waals surface area contributed by atoms with Crippen LogP contribution in [0, 0.1) is 0 Å². The summed E-state index contributed by atoms with van der Waals surface area (Å²) >= 11 is 0. The highest BCUT2D eigenvalue weighted by Gasteiger charge is 2.31. The molecule has 318 valence electrons. The number of carboxylic acid groups (broad SMARTS) is 1. The molecule has 0 fully saturated rings. The standard InChI is InChI=1S/C46H87NO7/c1-6-8-10-12-14-16-18-20-21-22-23-24-25-27-28-30-32-34-36-44(48)53-41-42(40-52-39-38-43(46(50)51)47(3,4)5)54-45(49)37-35-33-31-29-26-19-17-15-13-11-9-7-2/h15,17,42-43H,6-14,16,18-41H2,1-5H3/p+1/b17-15-. The minimum Gasteiger partial charge on any atom is -0.477 e. The van der Waals surface area contributed by atoms with Gasteiger partial charge in [-0.15, -0.1) is 0 Å². The van der Waals surface area contributed by atoms with E-state index in [-0.39, 0.29) is 36.2 Å². The topological polar surface area (TPSA) is 99.1 Å². The number of carboxylic acids is 1. The highest BCUT2D eigenvalue weighted by molar-refractivity contribution is 5.72. The van der Waals surface area contributed by atoms with Gasteiger partial charge >= 0.3 is 17.9 Å². The van der Waals surface area contributed by atoms with E-state index in [1.165, 1.54) is 128 Å². The van der Waals surface area contributed by atoms with Gasteiger partial charge in [-0.05, 0) is 38.5 Å². The fourth-order valence-corrected chi connectivity index (χ4v) is 6.85. The second kappa shape index (κ2) is 38.0. The molecular formula is C46H88NO7+. The number of likely N-dealkylation sites (N-methyl/N-ethyl adjacent to an activating group) is 1. The van der Waals surface area contributed by atoms with Crippen molar-refractivity contribution in [1.29, 1.82) is 0 Å². The van der Waals surface area contributed by atoms with Crippen LogP contribution in [0.5, 0.6) is 0 Å². The fraction of sp³-hybridized carbons (Fsp3) is 0.891. The van der Waals surface area contributed by atoms with Crippen LogP contribution < -0.4 is 0 Å². The molecule has 54 heavy (non-hydrogen) atoms. The smallest absolute Gasteiger partial charge is 0.362 e. The highest BCUT2D eigenvalue weighted by Crippen LogP contribution is 2.16. The number of carbonyl (C=O) groups excluding carboxylic acids is 2. The Hall–Kier alpha value is -1.93. The second-order valence-electron chi connectivity index (χ2n) is 16.7. The molecule has 0 aliphatic carbocycles. The normalized spacial score (nSPS) is 13.0. The van der Waals surface area contributed by atoms with Gasteiger partial charge in [0, 0.05) is 19.3 Å². The number of allylic oxidation sites excluding steroid dienone is 2. The van der Waals surface area contributed by atoms with Gasteiger partial charge in [-0.3, -0.25) is 9.59 Å². The molecule has 2 unspecified atom stereocenters. The summed E-state index contributed by atoms with van der Waals surface area (Å²) in [6.07, 6.45) is 39.7. The molecule has 8 heteroatoms. The number of ether oxygens (including phenoxy) is 3. The molecule has 0 aromatic carbocycles. The van der Waals surface area contributed by atoms with Gasteiger partial charge in [0.1, 0.15) is 6.61 Å². The van der Waals surface area contributed by atoms with Crippen molar-refractivity contribution >= 4 is 17.9 Å². The lowest BCUT2D eigenvalue weighted by molar-refractivity contribution is -0.887. The van der Waals surface area contributed by atoms with Crippen molar-refractivity contribution in [2.24, 2.45) is 0 Å². The number of unbranched alkanes of at least 4 members (excludes halogenated alkanes) is 25. The Morgan fingerprint density at radius 1 is 0.537 bits per heavy atom. The quantitative estimate of drug-likeness (QED) is 0.0286. The molecule has 1 N–H and O–H groups in total. The lowest BCUT2D eigenvalue weighted by atomic mass is 10.0. The Morgan fingerprint density at radius 2 is 0.926 bits per heavy atom. The molecule has 0 saturated carbocycles. The number of rotatable bonds is 41. The lowest BCUT2D eigenvalue weighted by Gasteiger charge is -2.31. The maximum absolute atomic E-state index is 12.7. The molecule has 0 saturated heterocycles.